The number of aromatic amines is 1. The van der Waals surface area contributed by atoms with Crippen molar-refractivity contribution in [1.82, 2.24) is 19.6 Å². The van der Waals surface area contributed by atoms with E-state index in [9.17, 15) is 22.4 Å². The van der Waals surface area contributed by atoms with E-state index >= 15 is 0 Å². The average Bonchev–Trinajstić information content (AvgIpc) is 3.08. The van der Waals surface area contributed by atoms with Gasteiger partial charge >= 0.3 is 0 Å². The molecule has 154 valence electrons. The Labute approximate surface area is 166 Å². The molecule has 1 amide bonds. The lowest BCUT2D eigenvalue weighted by Gasteiger charge is -2.13. The van der Waals surface area contributed by atoms with Gasteiger partial charge in [-0.3, -0.25) is 9.89 Å². The molecule has 10 heteroatoms. The topological polar surface area (TPSA) is 75.1 Å². The molecule has 1 aromatic carbocycles. The van der Waals surface area contributed by atoms with E-state index in [1.807, 2.05) is 0 Å². The number of aromatic nitrogens is 4. The zero-order valence-electron chi connectivity index (χ0n) is 15.6. The number of nitrogens with zero attached hydrogens (tertiary/aromatic N) is 3. The maximum Gasteiger partial charge on any atom is 0.268 e. The second-order valence-corrected chi connectivity index (χ2v) is 7.34. The van der Waals surface area contributed by atoms with Crippen molar-refractivity contribution < 1.29 is 22.4 Å². The molecule has 4 aromatic rings. The lowest BCUT2D eigenvalue weighted by Crippen LogP contribution is -2.15. The number of halogens is 4. The van der Waals surface area contributed by atoms with E-state index in [1.165, 1.54) is 13.1 Å². The van der Waals surface area contributed by atoms with Crippen LogP contribution in [-0.4, -0.2) is 31.7 Å². The van der Waals surface area contributed by atoms with Gasteiger partial charge in [-0.15, -0.1) is 0 Å². The van der Waals surface area contributed by atoms with Crippen LogP contribution in [-0.2, 0) is 4.79 Å². The number of hydrogen-bond acceptors (Lipinski definition) is 3. The summed E-state index contributed by atoms with van der Waals surface area (Å²) in [6.45, 7) is 1.44. The highest BCUT2D eigenvalue weighted by Crippen LogP contribution is 2.39. The van der Waals surface area contributed by atoms with Crippen molar-refractivity contribution in [2.75, 3.05) is 5.32 Å². The highest BCUT2D eigenvalue weighted by atomic mass is 19.3. The van der Waals surface area contributed by atoms with Crippen molar-refractivity contribution in [1.29, 1.82) is 0 Å². The molecular weight excluding hydrogens is 402 g/mol. The quantitative estimate of drug-likeness (QED) is 0.478. The number of carbonyl (C=O) groups excluding carboxylic acids is 1. The fourth-order valence-electron chi connectivity index (χ4n) is 3.74. The van der Waals surface area contributed by atoms with Crippen LogP contribution in [0.1, 0.15) is 24.0 Å². The number of fused-ring (bicyclic) bond motifs is 2. The lowest BCUT2D eigenvalue weighted by atomic mass is 9.94. The number of carbonyl (C=O) groups is 1. The number of amides is 1. The number of rotatable bonds is 4. The predicted octanol–water partition coefficient (Wildman–Crippen LogP) is 4.56. The Morgan fingerprint density at radius 3 is 2.80 bits per heavy atom. The van der Waals surface area contributed by atoms with Gasteiger partial charge in [-0.1, -0.05) is 0 Å². The fraction of sp³-hybridized carbons (Fsp3) is 0.250. The third kappa shape index (κ3) is 2.82. The van der Waals surface area contributed by atoms with Crippen molar-refractivity contribution in [3.05, 3.63) is 47.7 Å². The molecule has 3 heterocycles. The van der Waals surface area contributed by atoms with Crippen LogP contribution in [0.3, 0.4) is 0 Å². The molecule has 2 atom stereocenters. The second kappa shape index (κ2) is 6.54. The van der Waals surface area contributed by atoms with Gasteiger partial charge in [-0.25, -0.2) is 22.5 Å². The number of nitrogens with one attached hydrogen (secondary N) is 2. The number of imidazole rings is 1. The van der Waals surface area contributed by atoms with Crippen LogP contribution in [0.4, 0.5) is 23.4 Å². The summed E-state index contributed by atoms with van der Waals surface area (Å²) < 4.78 is 56.2. The van der Waals surface area contributed by atoms with Crippen LogP contribution in [0.15, 0.2) is 30.7 Å². The van der Waals surface area contributed by atoms with Gasteiger partial charge in [0.25, 0.3) is 6.43 Å². The first kappa shape index (κ1) is 18.6. The molecule has 30 heavy (non-hydrogen) atoms. The predicted molar refractivity (Wildman–Crippen MR) is 102 cm³/mol. The molecule has 0 saturated heterocycles. The zero-order valence-corrected chi connectivity index (χ0v) is 15.6. The van der Waals surface area contributed by atoms with Crippen molar-refractivity contribution in [3.8, 4) is 11.1 Å². The first-order chi connectivity index (χ1) is 14.3. The van der Waals surface area contributed by atoms with Gasteiger partial charge in [0.15, 0.2) is 5.82 Å². The van der Waals surface area contributed by atoms with E-state index in [2.05, 4.69) is 20.5 Å². The summed E-state index contributed by atoms with van der Waals surface area (Å²) in [7, 11) is 0. The molecule has 0 spiro atoms. The van der Waals surface area contributed by atoms with E-state index < -0.39 is 35.8 Å². The molecule has 1 aliphatic rings. The first-order valence-corrected chi connectivity index (χ1v) is 9.22. The minimum absolute atomic E-state index is 0.0491. The number of H-pyrrole nitrogens is 1. The van der Waals surface area contributed by atoms with Crippen LogP contribution < -0.4 is 5.32 Å². The largest absolute Gasteiger partial charge is 0.309 e. The Balaban J connectivity index is 1.59. The van der Waals surface area contributed by atoms with Gasteiger partial charge in [-0.05, 0) is 42.2 Å². The summed E-state index contributed by atoms with van der Waals surface area (Å²) >= 11 is 0. The summed E-state index contributed by atoms with van der Waals surface area (Å²) in [6, 6.07) is 3.34. The minimum Gasteiger partial charge on any atom is -0.309 e. The monoisotopic (exact) mass is 417 g/mol. The molecule has 2 N–H and O–H groups in total. The molecule has 0 unspecified atom stereocenters. The van der Waals surface area contributed by atoms with E-state index in [0.29, 0.717) is 22.2 Å². The van der Waals surface area contributed by atoms with Gasteiger partial charge < -0.3 is 9.72 Å². The minimum atomic E-state index is -2.99. The lowest BCUT2D eigenvalue weighted by molar-refractivity contribution is -0.117. The SMILES string of the molecule is Cc1c(F)c(C(F)F)c2[nH]ncc2c1-c1ccc2nc(NC(=O)[C@@H]3C[C@@H]3F)cn2c1. The van der Waals surface area contributed by atoms with Gasteiger partial charge in [0.05, 0.1) is 29.4 Å². The summed E-state index contributed by atoms with van der Waals surface area (Å²) in [5.41, 5.74) is 0.825. The van der Waals surface area contributed by atoms with Crippen molar-refractivity contribution in [2.45, 2.75) is 25.9 Å². The fourth-order valence-corrected chi connectivity index (χ4v) is 3.74. The van der Waals surface area contributed by atoms with E-state index in [-0.39, 0.29) is 23.3 Å². The third-order valence-corrected chi connectivity index (χ3v) is 5.38. The maximum atomic E-state index is 14.8. The van der Waals surface area contributed by atoms with Crippen LogP contribution in [0.25, 0.3) is 27.7 Å². The maximum absolute atomic E-state index is 14.8. The van der Waals surface area contributed by atoms with Crippen molar-refractivity contribution in [2.24, 2.45) is 5.92 Å². The number of anilines is 1. The Bertz CT molecular complexity index is 1310. The number of benzene rings is 1. The summed E-state index contributed by atoms with van der Waals surface area (Å²) in [6.07, 6.45) is 0.708. The van der Waals surface area contributed by atoms with E-state index in [0.717, 1.165) is 0 Å². The zero-order chi connectivity index (χ0) is 21.2. The molecule has 1 aliphatic carbocycles. The molecular formula is C20H15F4N5O. The van der Waals surface area contributed by atoms with Gasteiger partial charge in [0.1, 0.15) is 17.6 Å². The van der Waals surface area contributed by atoms with Crippen LogP contribution in [0.2, 0.25) is 0 Å². The molecule has 6 nitrogen and oxygen atoms in total. The van der Waals surface area contributed by atoms with Gasteiger partial charge in [0, 0.05) is 11.6 Å². The Hall–Kier alpha value is -3.43. The normalized spacial score (nSPS) is 18.5. The highest BCUT2D eigenvalue weighted by molar-refractivity contribution is 5.98. The van der Waals surface area contributed by atoms with Gasteiger partial charge in [-0.2, -0.15) is 5.10 Å². The van der Waals surface area contributed by atoms with E-state index in [1.54, 1.807) is 28.9 Å². The standard InChI is InChI=1S/C20H15F4N5O/c1-8-15(11-5-25-28-18(11)16(17(8)22)19(23)24)9-2-3-14-26-13(7-29(14)6-9)27-20(30)10-4-12(10)21/h2-3,5-7,10,12,19H,4H2,1H3,(H,25,28)(H,27,30)/t10-,12+/m1/s1. The molecule has 0 aliphatic heterocycles. The number of alkyl halides is 3. The average molecular weight is 417 g/mol. The molecule has 1 saturated carbocycles. The number of hydrogen-bond donors (Lipinski definition) is 2. The summed E-state index contributed by atoms with van der Waals surface area (Å²) in [5.74, 6) is -1.79. The van der Waals surface area contributed by atoms with E-state index in [4.69, 9.17) is 0 Å². The third-order valence-electron chi connectivity index (χ3n) is 5.38. The van der Waals surface area contributed by atoms with Crippen LogP contribution in [0.5, 0.6) is 0 Å². The first-order valence-electron chi connectivity index (χ1n) is 9.22. The molecule has 3 aromatic heterocycles. The van der Waals surface area contributed by atoms with Gasteiger partial charge in [0.2, 0.25) is 5.91 Å². The smallest absolute Gasteiger partial charge is 0.268 e. The van der Waals surface area contributed by atoms with Crippen molar-refractivity contribution in [3.63, 3.8) is 0 Å². The summed E-state index contributed by atoms with van der Waals surface area (Å²) in [4.78, 5) is 16.2. The second-order valence-electron chi connectivity index (χ2n) is 7.34. The van der Waals surface area contributed by atoms with Crippen LogP contribution >= 0.6 is 0 Å². The van der Waals surface area contributed by atoms with Crippen LogP contribution in [0, 0.1) is 18.7 Å². The number of pyridine rings is 1. The highest BCUT2D eigenvalue weighted by Gasteiger charge is 2.43. The van der Waals surface area contributed by atoms with Crippen molar-refractivity contribution >= 4 is 28.3 Å². The summed E-state index contributed by atoms with van der Waals surface area (Å²) in [5, 5.41) is 9.24. The molecule has 1 fully saturated rings. The molecule has 5 rings (SSSR count). The Kier molecular flexibility index (Phi) is 4.05. The molecule has 0 radical (unpaired) electrons. The Morgan fingerprint density at radius 2 is 2.10 bits per heavy atom. The molecule has 0 bridgehead atoms. The Morgan fingerprint density at radius 1 is 1.33 bits per heavy atom.